The third-order valence-corrected chi connectivity index (χ3v) is 8.29. The minimum atomic E-state index is -3.91. The van der Waals surface area contributed by atoms with Gasteiger partial charge in [0.15, 0.2) is 6.10 Å². The zero-order chi connectivity index (χ0) is 24.6. The molecule has 2 heterocycles. The SMILES string of the molecule is CC[C@@H]1Oc2cc(S(=O)(=O)N3CCC[C@@H](C(=O)Nc4ccc(F)cc4C)C3)c(C)cc2NC1=O. The number of ether oxygens (including phenoxy) is 1. The molecule has 0 bridgehead atoms. The summed E-state index contributed by atoms with van der Waals surface area (Å²) in [5.41, 5.74) is 2.01. The number of sulfonamides is 1. The molecule has 8 nitrogen and oxygen atoms in total. The van der Waals surface area contributed by atoms with Crippen LogP contribution in [-0.2, 0) is 19.6 Å². The Labute approximate surface area is 198 Å². The first-order valence-corrected chi connectivity index (χ1v) is 12.7. The highest BCUT2D eigenvalue weighted by molar-refractivity contribution is 7.89. The molecule has 2 aliphatic heterocycles. The van der Waals surface area contributed by atoms with Crippen molar-refractivity contribution in [3.63, 3.8) is 0 Å². The van der Waals surface area contributed by atoms with Crippen molar-refractivity contribution in [2.45, 2.75) is 51.0 Å². The molecule has 2 amide bonds. The van der Waals surface area contributed by atoms with Gasteiger partial charge in [-0.3, -0.25) is 9.59 Å². The molecule has 1 saturated heterocycles. The third kappa shape index (κ3) is 4.65. The second-order valence-electron chi connectivity index (χ2n) is 8.77. The van der Waals surface area contributed by atoms with Crippen LogP contribution in [0.15, 0.2) is 35.2 Å². The first-order chi connectivity index (χ1) is 16.1. The number of anilines is 2. The van der Waals surface area contributed by atoms with E-state index in [1.54, 1.807) is 19.9 Å². The second-order valence-corrected chi connectivity index (χ2v) is 10.7. The number of piperidine rings is 1. The van der Waals surface area contributed by atoms with Crippen molar-refractivity contribution in [3.05, 3.63) is 47.3 Å². The first-order valence-electron chi connectivity index (χ1n) is 11.3. The number of fused-ring (bicyclic) bond motifs is 1. The summed E-state index contributed by atoms with van der Waals surface area (Å²) in [5, 5.41) is 5.56. The van der Waals surface area contributed by atoms with Gasteiger partial charge >= 0.3 is 0 Å². The molecule has 0 aliphatic carbocycles. The van der Waals surface area contributed by atoms with Crippen LogP contribution in [0, 0.1) is 25.6 Å². The lowest BCUT2D eigenvalue weighted by molar-refractivity contribution is -0.123. The molecule has 2 aliphatic rings. The van der Waals surface area contributed by atoms with E-state index >= 15 is 0 Å². The van der Waals surface area contributed by atoms with Crippen LogP contribution < -0.4 is 15.4 Å². The smallest absolute Gasteiger partial charge is 0.265 e. The Morgan fingerprint density at radius 3 is 2.71 bits per heavy atom. The lowest BCUT2D eigenvalue weighted by Gasteiger charge is -2.32. The van der Waals surface area contributed by atoms with Gasteiger partial charge in [0, 0.05) is 24.8 Å². The maximum Gasteiger partial charge on any atom is 0.265 e. The lowest BCUT2D eigenvalue weighted by atomic mass is 9.98. The third-order valence-electron chi connectivity index (χ3n) is 6.29. The first kappa shape index (κ1) is 24.2. The fourth-order valence-corrected chi connectivity index (χ4v) is 6.09. The molecule has 4 rings (SSSR count). The highest BCUT2D eigenvalue weighted by Crippen LogP contribution is 2.36. The van der Waals surface area contributed by atoms with Crippen molar-refractivity contribution in [1.82, 2.24) is 4.31 Å². The number of nitrogens with zero attached hydrogens (tertiary/aromatic N) is 1. The topological polar surface area (TPSA) is 105 Å². The number of hydrogen-bond donors (Lipinski definition) is 2. The van der Waals surface area contributed by atoms with Gasteiger partial charge in [-0.25, -0.2) is 12.8 Å². The van der Waals surface area contributed by atoms with Crippen LogP contribution in [0.25, 0.3) is 0 Å². The summed E-state index contributed by atoms with van der Waals surface area (Å²) in [7, 11) is -3.91. The van der Waals surface area contributed by atoms with E-state index in [1.807, 2.05) is 6.92 Å². The van der Waals surface area contributed by atoms with E-state index in [0.717, 1.165) is 0 Å². The Balaban J connectivity index is 1.55. The minimum Gasteiger partial charge on any atom is -0.478 e. The molecule has 34 heavy (non-hydrogen) atoms. The Hall–Kier alpha value is -2.98. The van der Waals surface area contributed by atoms with Crippen LogP contribution in [0.4, 0.5) is 15.8 Å². The zero-order valence-corrected chi connectivity index (χ0v) is 20.2. The van der Waals surface area contributed by atoms with E-state index in [1.165, 1.54) is 28.6 Å². The second kappa shape index (κ2) is 9.34. The molecule has 0 aromatic heterocycles. The molecule has 0 saturated carbocycles. The van der Waals surface area contributed by atoms with Gasteiger partial charge in [0.2, 0.25) is 15.9 Å². The number of hydrogen-bond acceptors (Lipinski definition) is 5. The number of aryl methyl sites for hydroxylation is 2. The van der Waals surface area contributed by atoms with Crippen LogP contribution in [0.2, 0.25) is 0 Å². The molecule has 10 heteroatoms. The van der Waals surface area contributed by atoms with Gasteiger partial charge in [0.05, 0.1) is 16.5 Å². The van der Waals surface area contributed by atoms with Crippen molar-refractivity contribution in [2.75, 3.05) is 23.7 Å². The van der Waals surface area contributed by atoms with Crippen molar-refractivity contribution >= 4 is 33.2 Å². The van der Waals surface area contributed by atoms with E-state index in [9.17, 15) is 22.4 Å². The van der Waals surface area contributed by atoms with Crippen LogP contribution in [0.5, 0.6) is 5.75 Å². The number of rotatable bonds is 5. The molecule has 0 spiro atoms. The Morgan fingerprint density at radius 1 is 1.24 bits per heavy atom. The predicted octanol–water partition coefficient (Wildman–Crippen LogP) is 3.59. The maximum absolute atomic E-state index is 13.5. The summed E-state index contributed by atoms with van der Waals surface area (Å²) in [6.45, 7) is 5.51. The van der Waals surface area contributed by atoms with Crippen LogP contribution in [0.3, 0.4) is 0 Å². The number of carbonyl (C=O) groups is 2. The number of benzene rings is 2. The number of carbonyl (C=O) groups excluding carboxylic acids is 2. The highest BCUT2D eigenvalue weighted by atomic mass is 32.2. The Kier molecular flexibility index (Phi) is 6.64. The van der Waals surface area contributed by atoms with Gasteiger partial charge in [-0.15, -0.1) is 0 Å². The summed E-state index contributed by atoms with van der Waals surface area (Å²) in [5.74, 6) is -1.17. The van der Waals surface area contributed by atoms with Gasteiger partial charge in [-0.05, 0) is 68.5 Å². The fraction of sp³-hybridized carbons (Fsp3) is 0.417. The molecule has 2 atom stereocenters. The van der Waals surface area contributed by atoms with Gasteiger partial charge in [-0.2, -0.15) is 4.31 Å². The average Bonchev–Trinajstić information content (AvgIpc) is 2.80. The molecule has 2 aromatic carbocycles. The van der Waals surface area contributed by atoms with Crippen molar-refractivity contribution in [1.29, 1.82) is 0 Å². The largest absolute Gasteiger partial charge is 0.478 e. The molecule has 1 fully saturated rings. The predicted molar refractivity (Wildman–Crippen MR) is 126 cm³/mol. The number of amides is 2. The Morgan fingerprint density at radius 2 is 2.00 bits per heavy atom. The molecule has 2 aromatic rings. The normalized spacial score (nSPS) is 20.8. The summed E-state index contributed by atoms with van der Waals surface area (Å²) < 4.78 is 47.5. The fourth-order valence-electron chi connectivity index (χ4n) is 4.35. The lowest BCUT2D eigenvalue weighted by Crippen LogP contribution is -2.44. The van der Waals surface area contributed by atoms with E-state index in [-0.39, 0.29) is 29.1 Å². The molecule has 0 unspecified atom stereocenters. The maximum atomic E-state index is 13.5. The molecule has 2 N–H and O–H groups in total. The van der Waals surface area contributed by atoms with Gasteiger partial charge in [0.1, 0.15) is 11.6 Å². The Bertz CT molecular complexity index is 1250. The van der Waals surface area contributed by atoms with Crippen molar-refractivity contribution in [2.24, 2.45) is 5.92 Å². The monoisotopic (exact) mass is 489 g/mol. The van der Waals surface area contributed by atoms with Crippen LogP contribution >= 0.6 is 0 Å². The molecule has 0 radical (unpaired) electrons. The van der Waals surface area contributed by atoms with Crippen molar-refractivity contribution < 1.29 is 27.1 Å². The number of nitrogens with one attached hydrogen (secondary N) is 2. The minimum absolute atomic E-state index is 0.0418. The highest BCUT2D eigenvalue weighted by Gasteiger charge is 2.36. The molecular formula is C24H28FN3O5S. The molecular weight excluding hydrogens is 461 g/mol. The van der Waals surface area contributed by atoms with E-state index in [4.69, 9.17) is 4.74 Å². The summed E-state index contributed by atoms with van der Waals surface area (Å²) in [6.07, 6.45) is 0.865. The van der Waals surface area contributed by atoms with Gasteiger partial charge in [0.25, 0.3) is 5.91 Å². The molecule has 182 valence electrons. The van der Waals surface area contributed by atoms with Gasteiger partial charge in [-0.1, -0.05) is 6.92 Å². The van der Waals surface area contributed by atoms with E-state index in [0.29, 0.717) is 54.1 Å². The van der Waals surface area contributed by atoms with E-state index in [2.05, 4.69) is 10.6 Å². The quantitative estimate of drug-likeness (QED) is 0.668. The summed E-state index contributed by atoms with van der Waals surface area (Å²) in [6, 6.07) is 7.15. The summed E-state index contributed by atoms with van der Waals surface area (Å²) >= 11 is 0. The number of halogens is 1. The standard InChI is InChI=1S/C24H28FN3O5S/c1-4-20-24(30)27-19-11-15(3)22(12-21(19)33-20)34(31,32)28-9-5-6-16(13-28)23(29)26-18-8-7-17(25)10-14(18)2/h7-8,10-12,16,20H,4-6,9,13H2,1-3H3,(H,26,29)(H,27,30)/t16-,20+/m1/s1. The van der Waals surface area contributed by atoms with Crippen LogP contribution in [-0.4, -0.2) is 43.7 Å². The van der Waals surface area contributed by atoms with Crippen LogP contribution in [0.1, 0.15) is 37.3 Å². The van der Waals surface area contributed by atoms with Crippen molar-refractivity contribution in [3.8, 4) is 5.75 Å². The van der Waals surface area contributed by atoms with Gasteiger partial charge < -0.3 is 15.4 Å². The zero-order valence-electron chi connectivity index (χ0n) is 19.4. The summed E-state index contributed by atoms with van der Waals surface area (Å²) in [4.78, 5) is 25.1. The van der Waals surface area contributed by atoms with E-state index < -0.39 is 22.0 Å². The average molecular weight is 490 g/mol.